The van der Waals surface area contributed by atoms with Crippen LogP contribution in [0.4, 0.5) is 11.5 Å². The van der Waals surface area contributed by atoms with Crippen molar-refractivity contribution in [2.75, 3.05) is 12.4 Å². The molecule has 2 aromatic heterocycles. The smallest absolute Gasteiger partial charge is 0.348 e. The summed E-state index contributed by atoms with van der Waals surface area (Å²) in [5, 5.41) is 13.1. The number of aromatic nitrogens is 2. The summed E-state index contributed by atoms with van der Waals surface area (Å²) in [5.41, 5.74) is 1.93. The molecule has 0 aliphatic heterocycles. The number of nitriles is 1. The monoisotopic (exact) mass is 324 g/mol. The molecule has 0 atom stereocenters. The third-order valence-electron chi connectivity index (χ3n) is 3.40. The minimum atomic E-state index is -0.395. The molecule has 0 saturated heterocycles. The van der Waals surface area contributed by atoms with Crippen molar-refractivity contribution in [1.29, 1.82) is 5.26 Å². The van der Waals surface area contributed by atoms with Gasteiger partial charge in [0.25, 0.3) is 0 Å². The Bertz CT molecular complexity index is 943. The molecule has 0 bridgehead atoms. The fourth-order valence-electron chi connectivity index (χ4n) is 2.27. The SMILES string of the molecule is COC(=O)c1sc2ncnc(Nc3ccccc3C#N)c2c1C. The van der Waals surface area contributed by atoms with Gasteiger partial charge in [-0.05, 0) is 24.6 Å². The molecule has 0 amide bonds. The van der Waals surface area contributed by atoms with Gasteiger partial charge in [-0.1, -0.05) is 12.1 Å². The zero-order valence-corrected chi connectivity index (χ0v) is 13.3. The molecule has 114 valence electrons. The third-order valence-corrected chi connectivity index (χ3v) is 4.58. The van der Waals surface area contributed by atoms with E-state index in [2.05, 4.69) is 21.4 Å². The van der Waals surface area contributed by atoms with E-state index in [1.54, 1.807) is 18.2 Å². The highest BCUT2D eigenvalue weighted by Crippen LogP contribution is 2.35. The van der Waals surface area contributed by atoms with Gasteiger partial charge >= 0.3 is 5.97 Å². The molecule has 0 radical (unpaired) electrons. The van der Waals surface area contributed by atoms with Gasteiger partial charge in [0.2, 0.25) is 0 Å². The normalized spacial score (nSPS) is 10.3. The van der Waals surface area contributed by atoms with E-state index in [1.165, 1.54) is 24.8 Å². The van der Waals surface area contributed by atoms with Crippen LogP contribution in [0.5, 0.6) is 0 Å². The van der Waals surface area contributed by atoms with Gasteiger partial charge in [-0.2, -0.15) is 5.26 Å². The molecule has 1 N–H and O–H groups in total. The molecule has 0 fully saturated rings. The number of carbonyl (C=O) groups is 1. The summed E-state index contributed by atoms with van der Waals surface area (Å²) in [6.07, 6.45) is 1.43. The van der Waals surface area contributed by atoms with Crippen LogP contribution >= 0.6 is 11.3 Å². The van der Waals surface area contributed by atoms with Gasteiger partial charge in [0, 0.05) is 0 Å². The van der Waals surface area contributed by atoms with Gasteiger partial charge < -0.3 is 10.1 Å². The van der Waals surface area contributed by atoms with E-state index >= 15 is 0 Å². The molecule has 0 unspecified atom stereocenters. The summed E-state index contributed by atoms with van der Waals surface area (Å²) < 4.78 is 4.80. The number of aryl methyl sites for hydroxylation is 1. The first-order valence-electron chi connectivity index (χ1n) is 6.74. The fourth-order valence-corrected chi connectivity index (χ4v) is 3.34. The summed E-state index contributed by atoms with van der Waals surface area (Å²) in [4.78, 5) is 21.5. The average molecular weight is 324 g/mol. The number of nitrogens with zero attached hydrogens (tertiary/aromatic N) is 3. The minimum absolute atomic E-state index is 0.395. The number of esters is 1. The number of fused-ring (bicyclic) bond motifs is 1. The maximum absolute atomic E-state index is 11.9. The Hall–Kier alpha value is -2.98. The molecular formula is C16H12N4O2S. The van der Waals surface area contributed by atoms with Crippen LogP contribution in [0.3, 0.4) is 0 Å². The highest BCUT2D eigenvalue weighted by Gasteiger charge is 2.20. The van der Waals surface area contributed by atoms with E-state index in [4.69, 9.17) is 4.74 Å². The second kappa shape index (κ2) is 6.02. The number of nitrogens with one attached hydrogen (secondary N) is 1. The number of thiophene rings is 1. The lowest BCUT2D eigenvalue weighted by Crippen LogP contribution is -2.00. The zero-order valence-electron chi connectivity index (χ0n) is 12.5. The first-order valence-corrected chi connectivity index (χ1v) is 7.56. The standard InChI is InChI=1S/C16H12N4O2S/c1-9-12-14(20-11-6-4-3-5-10(11)7-17)18-8-19-15(12)23-13(9)16(21)22-2/h3-6,8H,1-2H3,(H,18,19,20). The van der Waals surface area contributed by atoms with Crippen molar-refractivity contribution in [3.05, 3.63) is 46.6 Å². The zero-order chi connectivity index (χ0) is 16.4. The Balaban J connectivity index is 2.13. The highest BCUT2D eigenvalue weighted by atomic mass is 32.1. The van der Waals surface area contributed by atoms with E-state index in [0.717, 1.165) is 10.9 Å². The number of hydrogen-bond acceptors (Lipinski definition) is 7. The van der Waals surface area contributed by atoms with Gasteiger partial charge in [0.1, 0.15) is 27.9 Å². The molecule has 7 heteroatoms. The number of carbonyl (C=O) groups excluding carboxylic acids is 1. The van der Waals surface area contributed by atoms with E-state index in [9.17, 15) is 10.1 Å². The summed E-state index contributed by atoms with van der Waals surface area (Å²) >= 11 is 1.26. The highest BCUT2D eigenvalue weighted by molar-refractivity contribution is 7.20. The lowest BCUT2D eigenvalue weighted by Gasteiger charge is -2.08. The number of ether oxygens (including phenoxy) is 1. The van der Waals surface area contributed by atoms with Crippen molar-refractivity contribution in [2.24, 2.45) is 0 Å². The van der Waals surface area contributed by atoms with Crippen molar-refractivity contribution in [3.8, 4) is 6.07 Å². The lowest BCUT2D eigenvalue weighted by atomic mass is 10.1. The molecule has 1 aromatic carbocycles. The number of rotatable bonds is 3. The van der Waals surface area contributed by atoms with E-state index < -0.39 is 5.97 Å². The lowest BCUT2D eigenvalue weighted by molar-refractivity contribution is 0.0605. The Morgan fingerprint density at radius 1 is 1.35 bits per heavy atom. The van der Waals surface area contributed by atoms with Crippen molar-refractivity contribution in [3.63, 3.8) is 0 Å². The summed E-state index contributed by atoms with van der Waals surface area (Å²) in [6, 6.07) is 9.29. The molecule has 3 rings (SSSR count). The first-order chi connectivity index (χ1) is 11.2. The third kappa shape index (κ3) is 2.60. The van der Waals surface area contributed by atoms with Gasteiger partial charge in [0.05, 0.1) is 23.7 Å². The minimum Gasteiger partial charge on any atom is -0.465 e. The van der Waals surface area contributed by atoms with Crippen LogP contribution in [0, 0.1) is 18.3 Å². The van der Waals surface area contributed by atoms with Gasteiger partial charge in [-0.3, -0.25) is 0 Å². The molecule has 6 nitrogen and oxygen atoms in total. The van der Waals surface area contributed by atoms with Crippen LogP contribution in [-0.2, 0) is 4.74 Å². The van der Waals surface area contributed by atoms with Crippen molar-refractivity contribution in [2.45, 2.75) is 6.92 Å². The Labute approximate surface area is 136 Å². The largest absolute Gasteiger partial charge is 0.465 e. The van der Waals surface area contributed by atoms with Gasteiger partial charge in [-0.25, -0.2) is 14.8 Å². The van der Waals surface area contributed by atoms with Crippen LogP contribution < -0.4 is 5.32 Å². The number of methoxy groups -OCH3 is 1. The second-order valence-electron chi connectivity index (χ2n) is 4.73. The van der Waals surface area contributed by atoms with Crippen LogP contribution in [0.25, 0.3) is 10.2 Å². The Kier molecular flexibility index (Phi) is 3.91. The number of para-hydroxylation sites is 1. The molecule has 2 heterocycles. The molecule has 3 aromatic rings. The summed E-state index contributed by atoms with van der Waals surface area (Å²) in [7, 11) is 1.35. The van der Waals surface area contributed by atoms with E-state index in [0.29, 0.717) is 26.8 Å². The molecule has 0 aliphatic rings. The predicted octanol–water partition coefficient (Wildman–Crippen LogP) is 3.40. The Morgan fingerprint density at radius 3 is 2.87 bits per heavy atom. The topological polar surface area (TPSA) is 87.9 Å². The van der Waals surface area contributed by atoms with Crippen LogP contribution in [-0.4, -0.2) is 23.0 Å². The fraction of sp³-hybridized carbons (Fsp3) is 0.125. The molecule has 23 heavy (non-hydrogen) atoms. The maximum atomic E-state index is 11.9. The number of benzene rings is 1. The van der Waals surface area contributed by atoms with Crippen molar-refractivity contribution >= 4 is 39.0 Å². The number of anilines is 2. The molecule has 0 spiro atoms. The Morgan fingerprint density at radius 2 is 2.13 bits per heavy atom. The van der Waals surface area contributed by atoms with Crippen LogP contribution in [0.1, 0.15) is 20.8 Å². The predicted molar refractivity (Wildman–Crippen MR) is 87.9 cm³/mol. The van der Waals surface area contributed by atoms with Gasteiger partial charge in [-0.15, -0.1) is 11.3 Å². The molecule has 0 saturated carbocycles. The summed E-state index contributed by atoms with van der Waals surface area (Å²) in [5.74, 6) is 0.162. The van der Waals surface area contributed by atoms with Gasteiger partial charge in [0.15, 0.2) is 0 Å². The van der Waals surface area contributed by atoms with E-state index in [1.807, 2.05) is 13.0 Å². The maximum Gasteiger partial charge on any atom is 0.348 e. The van der Waals surface area contributed by atoms with E-state index in [-0.39, 0.29) is 0 Å². The first kappa shape index (κ1) is 14.9. The van der Waals surface area contributed by atoms with Crippen LogP contribution in [0.2, 0.25) is 0 Å². The second-order valence-corrected chi connectivity index (χ2v) is 5.73. The van der Waals surface area contributed by atoms with Crippen LogP contribution in [0.15, 0.2) is 30.6 Å². The molecule has 0 aliphatic carbocycles. The molecular weight excluding hydrogens is 312 g/mol. The van der Waals surface area contributed by atoms with Crippen molar-refractivity contribution < 1.29 is 9.53 Å². The average Bonchev–Trinajstić information content (AvgIpc) is 2.92. The number of hydrogen-bond donors (Lipinski definition) is 1. The quantitative estimate of drug-likeness (QED) is 0.743. The summed E-state index contributed by atoms with van der Waals surface area (Å²) in [6.45, 7) is 1.83. The van der Waals surface area contributed by atoms with Crippen molar-refractivity contribution in [1.82, 2.24) is 9.97 Å².